The highest BCUT2D eigenvalue weighted by molar-refractivity contribution is 6.26. The zero-order chi connectivity index (χ0) is 17.9. The average molecular weight is 334 g/mol. The van der Waals surface area contributed by atoms with Crippen LogP contribution >= 0.6 is 0 Å². The molecule has 0 saturated heterocycles. The van der Waals surface area contributed by atoms with Crippen LogP contribution in [0.3, 0.4) is 0 Å². The van der Waals surface area contributed by atoms with E-state index in [2.05, 4.69) is 0 Å². The Morgan fingerprint density at radius 3 is 2.04 bits per heavy atom. The zero-order valence-corrected chi connectivity index (χ0v) is 13.6. The smallest absolute Gasteiger partial charge is 0.258 e. The van der Waals surface area contributed by atoms with Crippen molar-refractivity contribution in [3.8, 4) is 0 Å². The van der Waals surface area contributed by atoms with E-state index in [1.807, 2.05) is 26.0 Å². The summed E-state index contributed by atoms with van der Waals surface area (Å²) >= 11 is 0. The molecule has 25 heavy (non-hydrogen) atoms. The Morgan fingerprint density at radius 2 is 1.40 bits per heavy atom. The van der Waals surface area contributed by atoms with E-state index in [4.69, 9.17) is 0 Å². The Labute approximate surface area is 142 Å². The number of benzene rings is 4. The van der Waals surface area contributed by atoms with Gasteiger partial charge in [-0.3, -0.25) is 20.2 Å². The van der Waals surface area contributed by atoms with Gasteiger partial charge in [0, 0.05) is 22.4 Å². The first-order valence-electron chi connectivity index (χ1n) is 7.93. The lowest BCUT2D eigenvalue weighted by Gasteiger charge is -2.15. The molecular weight excluding hydrogens is 320 g/mol. The van der Waals surface area contributed by atoms with Crippen molar-refractivity contribution >= 4 is 43.7 Å². The Bertz CT molecular complexity index is 1180. The van der Waals surface area contributed by atoms with Crippen LogP contribution < -0.4 is 0 Å². The van der Waals surface area contributed by atoms with E-state index in [0.717, 1.165) is 16.2 Å². The van der Waals surface area contributed by atoms with Crippen molar-refractivity contribution in [2.45, 2.75) is 19.8 Å². The van der Waals surface area contributed by atoms with Crippen LogP contribution in [0.5, 0.6) is 0 Å². The van der Waals surface area contributed by atoms with Crippen LogP contribution in [0.2, 0.25) is 0 Å². The van der Waals surface area contributed by atoms with Gasteiger partial charge in [0.2, 0.25) is 0 Å². The first-order chi connectivity index (χ1) is 11.9. The van der Waals surface area contributed by atoms with Crippen molar-refractivity contribution in [3.05, 3.63) is 68.3 Å². The molecule has 0 N–H and O–H groups in total. The molecule has 4 aromatic rings. The third-order valence-electron chi connectivity index (χ3n) is 4.76. The molecule has 0 amide bonds. The minimum absolute atomic E-state index is 0.00310. The van der Waals surface area contributed by atoms with Crippen LogP contribution in [0, 0.1) is 20.2 Å². The highest BCUT2D eigenvalue weighted by atomic mass is 16.6. The molecule has 0 aromatic heterocycles. The zero-order valence-electron chi connectivity index (χ0n) is 13.6. The number of hydrogen-bond donors (Lipinski definition) is 0. The second-order valence-corrected chi connectivity index (χ2v) is 6.49. The minimum Gasteiger partial charge on any atom is -0.258 e. The molecule has 6 heteroatoms. The van der Waals surface area contributed by atoms with Gasteiger partial charge in [-0.15, -0.1) is 0 Å². The van der Waals surface area contributed by atoms with Crippen LogP contribution in [0.4, 0.5) is 11.4 Å². The summed E-state index contributed by atoms with van der Waals surface area (Å²) in [6.45, 7) is 3.84. The number of nitro benzene ring substituents is 2. The summed E-state index contributed by atoms with van der Waals surface area (Å²) in [7, 11) is 0. The van der Waals surface area contributed by atoms with Crippen molar-refractivity contribution in [1.29, 1.82) is 0 Å². The van der Waals surface area contributed by atoms with E-state index in [9.17, 15) is 20.2 Å². The normalized spacial score (nSPS) is 11.8. The number of rotatable bonds is 3. The molecular formula is C19H14N2O4. The van der Waals surface area contributed by atoms with Gasteiger partial charge in [-0.2, -0.15) is 0 Å². The monoisotopic (exact) mass is 334 g/mol. The van der Waals surface area contributed by atoms with E-state index in [0.29, 0.717) is 21.7 Å². The van der Waals surface area contributed by atoms with Crippen LogP contribution in [-0.2, 0) is 0 Å². The number of nitrogens with zero attached hydrogens (tertiary/aromatic N) is 2. The molecule has 0 aliphatic carbocycles. The van der Waals surface area contributed by atoms with Crippen LogP contribution in [-0.4, -0.2) is 9.85 Å². The first-order valence-corrected chi connectivity index (χ1v) is 7.93. The van der Waals surface area contributed by atoms with Gasteiger partial charge in [-0.05, 0) is 41.0 Å². The molecule has 6 nitrogen and oxygen atoms in total. The van der Waals surface area contributed by atoms with Crippen LogP contribution in [0.15, 0.2) is 42.5 Å². The van der Waals surface area contributed by atoms with Crippen LogP contribution in [0.1, 0.15) is 25.3 Å². The van der Waals surface area contributed by atoms with E-state index in [1.165, 1.54) is 6.07 Å². The minimum atomic E-state index is -0.417. The van der Waals surface area contributed by atoms with Gasteiger partial charge in [-0.1, -0.05) is 26.0 Å². The van der Waals surface area contributed by atoms with Gasteiger partial charge >= 0.3 is 0 Å². The fourth-order valence-corrected chi connectivity index (χ4v) is 3.67. The maximum atomic E-state index is 11.7. The summed E-state index contributed by atoms with van der Waals surface area (Å²) in [5.74, 6) is -0.00310. The Kier molecular flexibility index (Phi) is 3.12. The van der Waals surface area contributed by atoms with Crippen molar-refractivity contribution in [2.24, 2.45) is 0 Å². The van der Waals surface area contributed by atoms with Crippen molar-refractivity contribution < 1.29 is 9.85 Å². The van der Waals surface area contributed by atoms with Gasteiger partial charge in [0.25, 0.3) is 11.4 Å². The summed E-state index contributed by atoms with van der Waals surface area (Å²) in [6, 6.07) is 12.1. The van der Waals surface area contributed by atoms with E-state index < -0.39 is 4.92 Å². The summed E-state index contributed by atoms with van der Waals surface area (Å²) in [5, 5.41) is 27.3. The predicted octanol–water partition coefficient (Wildman–Crippen LogP) is 5.52. The second-order valence-electron chi connectivity index (χ2n) is 6.49. The SMILES string of the molecule is CC(C)c1cc2ccc3c([N+](=O)[O-])ccc4ccc(c1[N+](=O)[O-])c2c43. The number of hydrogen-bond acceptors (Lipinski definition) is 4. The molecule has 0 aliphatic rings. The number of nitro groups is 2. The molecule has 0 aliphatic heterocycles. The quantitative estimate of drug-likeness (QED) is 0.280. The summed E-state index contributed by atoms with van der Waals surface area (Å²) in [4.78, 5) is 22.3. The largest absolute Gasteiger partial charge is 0.280 e. The standard InChI is InChI=1S/C19H14N2O4/c1-10(2)15-9-12-4-6-13-16(20(22)23)8-5-11-3-7-14(18(12)17(11)13)19(15)21(24)25/h3-10H,1-2H3. The van der Waals surface area contributed by atoms with E-state index in [-0.39, 0.29) is 22.2 Å². The first kappa shape index (κ1) is 15.3. The Balaban J connectivity index is 2.31. The molecule has 0 heterocycles. The third-order valence-corrected chi connectivity index (χ3v) is 4.76. The lowest BCUT2D eigenvalue weighted by Crippen LogP contribution is -2.00. The highest BCUT2D eigenvalue weighted by Gasteiger charge is 2.25. The van der Waals surface area contributed by atoms with Gasteiger partial charge in [0.05, 0.1) is 20.6 Å². The topological polar surface area (TPSA) is 86.3 Å². The summed E-state index contributed by atoms with van der Waals surface area (Å²) in [5.41, 5.74) is 0.770. The summed E-state index contributed by atoms with van der Waals surface area (Å²) < 4.78 is 0. The molecule has 4 rings (SSSR count). The van der Waals surface area contributed by atoms with E-state index >= 15 is 0 Å². The summed E-state index contributed by atoms with van der Waals surface area (Å²) in [6.07, 6.45) is 0. The molecule has 0 bridgehead atoms. The van der Waals surface area contributed by atoms with Gasteiger partial charge in [-0.25, -0.2) is 0 Å². The van der Waals surface area contributed by atoms with Gasteiger partial charge < -0.3 is 0 Å². The number of non-ortho nitro benzene ring substituents is 1. The molecule has 0 radical (unpaired) electrons. The van der Waals surface area contributed by atoms with Crippen molar-refractivity contribution in [3.63, 3.8) is 0 Å². The maximum Gasteiger partial charge on any atom is 0.280 e. The van der Waals surface area contributed by atoms with Gasteiger partial charge in [0.1, 0.15) is 0 Å². The Hall–Kier alpha value is -3.28. The van der Waals surface area contributed by atoms with E-state index in [1.54, 1.807) is 24.3 Å². The van der Waals surface area contributed by atoms with Crippen LogP contribution in [0.25, 0.3) is 32.3 Å². The average Bonchev–Trinajstić information content (AvgIpc) is 2.57. The predicted molar refractivity (Wildman–Crippen MR) is 97.5 cm³/mol. The molecule has 0 saturated carbocycles. The Morgan fingerprint density at radius 1 is 0.800 bits per heavy atom. The lowest BCUT2D eigenvalue weighted by molar-refractivity contribution is -0.383. The fourth-order valence-electron chi connectivity index (χ4n) is 3.67. The van der Waals surface area contributed by atoms with Crippen molar-refractivity contribution in [1.82, 2.24) is 0 Å². The maximum absolute atomic E-state index is 11.7. The molecule has 124 valence electrons. The second kappa shape index (κ2) is 5.11. The lowest BCUT2D eigenvalue weighted by atomic mass is 9.88. The third kappa shape index (κ3) is 2.04. The van der Waals surface area contributed by atoms with Crippen molar-refractivity contribution in [2.75, 3.05) is 0 Å². The molecule has 4 aromatic carbocycles. The molecule has 0 atom stereocenters. The molecule has 0 unspecified atom stereocenters. The highest BCUT2D eigenvalue weighted by Crippen LogP contribution is 2.44. The fraction of sp³-hybridized carbons (Fsp3) is 0.158. The molecule has 0 spiro atoms. The molecule has 0 fully saturated rings. The van der Waals surface area contributed by atoms with Gasteiger partial charge in [0.15, 0.2) is 0 Å².